The number of likely N-dealkylation sites (N-methyl/N-ethyl adjacent to an activating group) is 1. The molecule has 2 aromatic rings. The summed E-state index contributed by atoms with van der Waals surface area (Å²) in [4.78, 5) is 13.8. The first kappa shape index (κ1) is 18.6. The van der Waals surface area contributed by atoms with Gasteiger partial charge in [-0.05, 0) is 48.5 Å². The molecule has 1 N–H and O–H groups in total. The molecule has 0 radical (unpaired) electrons. The van der Waals surface area contributed by atoms with E-state index in [-0.39, 0.29) is 19.1 Å². The number of benzene rings is 2. The molecule has 6 nitrogen and oxygen atoms in total. The lowest BCUT2D eigenvalue weighted by Crippen LogP contribution is -2.37. The van der Waals surface area contributed by atoms with E-state index < -0.39 is 6.10 Å². The van der Waals surface area contributed by atoms with Crippen LogP contribution in [0.4, 0.5) is 0 Å². The molecule has 0 saturated heterocycles. The number of amides is 1. The second-order valence-corrected chi connectivity index (χ2v) is 5.55. The summed E-state index contributed by atoms with van der Waals surface area (Å²) in [7, 11) is 4.81. The number of methoxy groups -OCH3 is 2. The Morgan fingerprint density at radius 1 is 0.960 bits per heavy atom. The van der Waals surface area contributed by atoms with Gasteiger partial charge in [-0.3, -0.25) is 4.79 Å². The lowest BCUT2D eigenvalue weighted by atomic mass is 10.2. The number of nitrogens with zero attached hydrogens (tertiary/aromatic N) is 1. The van der Waals surface area contributed by atoms with Gasteiger partial charge in [0.05, 0.1) is 14.2 Å². The quantitative estimate of drug-likeness (QED) is 0.794. The van der Waals surface area contributed by atoms with Crippen LogP contribution in [0.2, 0.25) is 0 Å². The molecule has 0 bridgehead atoms. The summed E-state index contributed by atoms with van der Waals surface area (Å²) in [5.74, 6) is 1.87. The Hall–Kier alpha value is -2.73. The van der Waals surface area contributed by atoms with Gasteiger partial charge in [-0.1, -0.05) is 0 Å². The lowest BCUT2D eigenvalue weighted by molar-refractivity contribution is 0.0563. The van der Waals surface area contributed by atoms with Crippen LogP contribution >= 0.6 is 0 Å². The topological polar surface area (TPSA) is 68.2 Å². The van der Waals surface area contributed by atoms with Crippen LogP contribution in [0.5, 0.6) is 17.2 Å². The lowest BCUT2D eigenvalue weighted by Gasteiger charge is -2.21. The summed E-state index contributed by atoms with van der Waals surface area (Å²) in [6.07, 6.45) is -0.797. The van der Waals surface area contributed by atoms with E-state index in [2.05, 4.69) is 0 Å². The van der Waals surface area contributed by atoms with Gasteiger partial charge >= 0.3 is 0 Å². The van der Waals surface area contributed by atoms with Crippen molar-refractivity contribution in [2.45, 2.75) is 6.10 Å². The van der Waals surface area contributed by atoms with E-state index >= 15 is 0 Å². The Morgan fingerprint density at radius 2 is 1.44 bits per heavy atom. The second kappa shape index (κ2) is 8.94. The Bertz CT molecular complexity index is 669. The van der Waals surface area contributed by atoms with E-state index in [1.165, 1.54) is 4.90 Å². The maximum absolute atomic E-state index is 12.3. The molecule has 0 spiro atoms. The molecule has 1 unspecified atom stereocenters. The highest BCUT2D eigenvalue weighted by Crippen LogP contribution is 2.17. The van der Waals surface area contributed by atoms with E-state index in [9.17, 15) is 9.90 Å². The van der Waals surface area contributed by atoms with Crippen molar-refractivity contribution in [3.63, 3.8) is 0 Å². The molecular formula is C19H23NO5. The molecule has 134 valence electrons. The summed E-state index contributed by atoms with van der Waals surface area (Å²) in [6.45, 7) is 0.258. The van der Waals surface area contributed by atoms with Crippen molar-refractivity contribution < 1.29 is 24.1 Å². The van der Waals surface area contributed by atoms with E-state index in [1.54, 1.807) is 69.8 Å². The molecule has 0 fully saturated rings. The molecule has 0 aliphatic carbocycles. The molecule has 0 heterocycles. The summed E-state index contributed by atoms with van der Waals surface area (Å²) in [5.41, 5.74) is 0.534. The Morgan fingerprint density at radius 3 is 1.96 bits per heavy atom. The van der Waals surface area contributed by atoms with Crippen LogP contribution in [0, 0.1) is 0 Å². The van der Waals surface area contributed by atoms with Gasteiger partial charge in [-0.25, -0.2) is 0 Å². The first-order valence-corrected chi connectivity index (χ1v) is 7.88. The molecule has 0 aliphatic rings. The van der Waals surface area contributed by atoms with E-state index in [4.69, 9.17) is 14.2 Å². The highest BCUT2D eigenvalue weighted by atomic mass is 16.5. The van der Waals surface area contributed by atoms with E-state index in [1.807, 2.05) is 0 Å². The van der Waals surface area contributed by atoms with Gasteiger partial charge in [0.15, 0.2) is 0 Å². The summed E-state index contributed by atoms with van der Waals surface area (Å²) >= 11 is 0. The number of hydrogen-bond donors (Lipinski definition) is 1. The van der Waals surface area contributed by atoms with Crippen LogP contribution in [-0.4, -0.2) is 56.4 Å². The summed E-state index contributed by atoms with van der Waals surface area (Å²) < 4.78 is 15.7. The number of aliphatic hydroxyl groups excluding tert-OH is 1. The van der Waals surface area contributed by atoms with Crippen molar-refractivity contribution in [3.05, 3.63) is 54.1 Å². The monoisotopic (exact) mass is 345 g/mol. The normalized spacial score (nSPS) is 11.5. The number of carbonyl (C=O) groups is 1. The highest BCUT2D eigenvalue weighted by Gasteiger charge is 2.16. The first-order valence-electron chi connectivity index (χ1n) is 7.88. The molecule has 2 aromatic carbocycles. The molecule has 0 aromatic heterocycles. The minimum atomic E-state index is -0.797. The molecule has 25 heavy (non-hydrogen) atoms. The average molecular weight is 345 g/mol. The Kier molecular flexibility index (Phi) is 6.65. The van der Waals surface area contributed by atoms with Crippen molar-refractivity contribution in [1.29, 1.82) is 0 Å². The largest absolute Gasteiger partial charge is 0.497 e. The fourth-order valence-corrected chi connectivity index (χ4v) is 2.27. The van der Waals surface area contributed by atoms with Crippen LogP contribution in [0.15, 0.2) is 48.5 Å². The number of hydrogen-bond acceptors (Lipinski definition) is 5. The molecule has 1 atom stereocenters. The molecule has 1 amide bonds. The number of ether oxygens (including phenoxy) is 3. The summed E-state index contributed by atoms with van der Waals surface area (Å²) in [6, 6.07) is 13.9. The second-order valence-electron chi connectivity index (χ2n) is 5.55. The molecule has 2 rings (SSSR count). The SMILES string of the molecule is COc1ccc(OCC(O)CN(C)C(=O)c2ccc(OC)cc2)cc1. The number of aliphatic hydroxyl groups is 1. The van der Waals surface area contributed by atoms with E-state index in [0.29, 0.717) is 17.1 Å². The zero-order valence-corrected chi connectivity index (χ0v) is 14.6. The molecule has 0 aliphatic heterocycles. The van der Waals surface area contributed by atoms with Crippen molar-refractivity contribution >= 4 is 5.91 Å². The van der Waals surface area contributed by atoms with Gasteiger partial charge in [0.1, 0.15) is 30.0 Å². The van der Waals surface area contributed by atoms with Crippen molar-refractivity contribution in [1.82, 2.24) is 4.90 Å². The maximum atomic E-state index is 12.3. The number of carbonyl (C=O) groups excluding carboxylic acids is 1. The number of rotatable bonds is 8. The van der Waals surface area contributed by atoms with Crippen LogP contribution in [0.25, 0.3) is 0 Å². The van der Waals surface area contributed by atoms with Gasteiger partial charge in [-0.15, -0.1) is 0 Å². The van der Waals surface area contributed by atoms with Crippen molar-refractivity contribution in [2.24, 2.45) is 0 Å². The minimum Gasteiger partial charge on any atom is -0.497 e. The third kappa shape index (κ3) is 5.39. The third-order valence-corrected chi connectivity index (χ3v) is 3.67. The van der Waals surface area contributed by atoms with Gasteiger partial charge in [0.2, 0.25) is 0 Å². The van der Waals surface area contributed by atoms with Crippen LogP contribution in [0.1, 0.15) is 10.4 Å². The average Bonchev–Trinajstić information content (AvgIpc) is 2.66. The van der Waals surface area contributed by atoms with Gasteiger partial charge in [0, 0.05) is 19.2 Å². The molecular weight excluding hydrogens is 322 g/mol. The summed E-state index contributed by atoms with van der Waals surface area (Å²) in [5, 5.41) is 10.1. The fourth-order valence-electron chi connectivity index (χ4n) is 2.27. The first-order chi connectivity index (χ1) is 12.0. The minimum absolute atomic E-state index is 0.0898. The zero-order valence-electron chi connectivity index (χ0n) is 14.6. The smallest absolute Gasteiger partial charge is 0.253 e. The zero-order chi connectivity index (χ0) is 18.2. The van der Waals surface area contributed by atoms with Gasteiger partial charge in [0.25, 0.3) is 5.91 Å². The van der Waals surface area contributed by atoms with Gasteiger partial charge in [-0.2, -0.15) is 0 Å². The van der Waals surface area contributed by atoms with Crippen molar-refractivity contribution in [3.8, 4) is 17.2 Å². The predicted octanol–water partition coefficient (Wildman–Crippen LogP) is 2.22. The van der Waals surface area contributed by atoms with Crippen LogP contribution in [-0.2, 0) is 0 Å². The van der Waals surface area contributed by atoms with Crippen molar-refractivity contribution in [2.75, 3.05) is 34.4 Å². The highest BCUT2D eigenvalue weighted by molar-refractivity contribution is 5.94. The van der Waals surface area contributed by atoms with Gasteiger partial charge < -0.3 is 24.2 Å². The van der Waals surface area contributed by atoms with E-state index in [0.717, 1.165) is 5.75 Å². The standard InChI is InChI=1S/C19H23NO5/c1-20(19(22)14-4-6-16(23-2)7-5-14)12-15(21)13-25-18-10-8-17(24-3)9-11-18/h4-11,15,21H,12-13H2,1-3H3. The Labute approximate surface area is 147 Å². The Balaban J connectivity index is 1.83. The predicted molar refractivity (Wildman–Crippen MR) is 94.5 cm³/mol. The maximum Gasteiger partial charge on any atom is 0.253 e. The fraction of sp³-hybridized carbons (Fsp3) is 0.316. The van der Waals surface area contributed by atoms with Crippen LogP contribution < -0.4 is 14.2 Å². The molecule has 0 saturated carbocycles. The molecule has 6 heteroatoms. The third-order valence-electron chi connectivity index (χ3n) is 3.67. The van der Waals surface area contributed by atoms with Crippen LogP contribution in [0.3, 0.4) is 0 Å².